The van der Waals surface area contributed by atoms with Crippen LogP contribution in [0.3, 0.4) is 0 Å². The van der Waals surface area contributed by atoms with E-state index in [9.17, 15) is 0 Å². The molecule has 0 radical (unpaired) electrons. The van der Waals surface area contributed by atoms with Gasteiger partial charge in [0.05, 0.1) is 12.8 Å². The van der Waals surface area contributed by atoms with Gasteiger partial charge in [0, 0.05) is 40.2 Å². The Kier molecular flexibility index (Phi) is 11.5. The molecule has 0 aliphatic heterocycles. The Bertz CT molecular complexity index is 2520. The summed E-state index contributed by atoms with van der Waals surface area (Å²) in [5.41, 5.74) is 12.6. The Labute approximate surface area is 346 Å². The van der Waals surface area contributed by atoms with Crippen molar-refractivity contribution < 1.29 is 29.9 Å². The van der Waals surface area contributed by atoms with Gasteiger partial charge in [-0.25, -0.2) is 4.98 Å². The molecule has 0 unspecified atom stereocenters. The zero-order chi connectivity index (χ0) is 39.4. The van der Waals surface area contributed by atoms with Crippen LogP contribution in [-0.2, 0) is 37.7 Å². The van der Waals surface area contributed by atoms with E-state index < -0.39 is 0 Å². The molecule has 0 aliphatic rings. The van der Waals surface area contributed by atoms with Gasteiger partial charge in [-0.1, -0.05) is 111 Å². The maximum absolute atomic E-state index is 6.64. The molecule has 3 aromatic heterocycles. The Hall–Kier alpha value is -4.70. The van der Waals surface area contributed by atoms with Crippen LogP contribution >= 0.6 is 0 Å². The van der Waals surface area contributed by atoms with Crippen LogP contribution in [0.2, 0.25) is 0 Å². The molecule has 0 N–H and O–H groups in total. The van der Waals surface area contributed by atoms with Crippen molar-refractivity contribution in [1.29, 1.82) is 0 Å². The van der Waals surface area contributed by atoms with Gasteiger partial charge >= 0.3 is 20.4 Å². The standard InChI is InChI=1S/C49H54N4O2.Pd/c1-13-16-42-45(33-23-31(4)46(32(5)24-33)49(9,10)11)47(30(2)3)51-53(42)35-26-37(54-12)28-38(27-35)55-36-19-20-40-39-17-14-15-18-41(39)52(43(40)29-36)44-25-34(21-22-50-44)48(6,7)8;/h14-15,17-26,28,30H,13,16H2,1-12H3;/q-2;+2. The molecule has 0 fully saturated rings. The molecule has 0 spiro atoms. The van der Waals surface area contributed by atoms with Gasteiger partial charge in [0.25, 0.3) is 0 Å². The molecular formula is C49H54N4O2Pd. The van der Waals surface area contributed by atoms with Crippen molar-refractivity contribution in [3.05, 3.63) is 125 Å². The zero-order valence-electron chi connectivity index (χ0n) is 34.9. The first-order valence-corrected chi connectivity index (χ1v) is 19.5. The van der Waals surface area contributed by atoms with E-state index in [0.717, 1.165) is 57.5 Å². The first kappa shape index (κ1) is 41.0. The minimum Gasteiger partial charge on any atom is -0.522 e. The molecule has 7 rings (SSSR count). The van der Waals surface area contributed by atoms with E-state index in [1.54, 1.807) is 7.11 Å². The number of aromatic nitrogens is 4. The van der Waals surface area contributed by atoms with Gasteiger partial charge in [0.2, 0.25) is 0 Å². The predicted molar refractivity (Wildman–Crippen MR) is 227 cm³/mol. The fraction of sp³-hybridized carbons (Fsp3) is 0.347. The third-order valence-corrected chi connectivity index (χ3v) is 10.5. The van der Waals surface area contributed by atoms with E-state index in [-0.39, 0.29) is 37.2 Å². The Morgan fingerprint density at radius 1 is 0.804 bits per heavy atom. The average molecular weight is 837 g/mol. The zero-order valence-corrected chi connectivity index (χ0v) is 36.5. The monoisotopic (exact) mass is 836 g/mol. The van der Waals surface area contributed by atoms with Gasteiger partial charge in [-0.05, 0) is 94.1 Å². The molecule has 0 saturated heterocycles. The van der Waals surface area contributed by atoms with Crippen LogP contribution in [-0.4, -0.2) is 26.4 Å². The Morgan fingerprint density at radius 2 is 1.52 bits per heavy atom. The summed E-state index contributed by atoms with van der Waals surface area (Å²) in [6.07, 6.45) is 3.72. The molecule has 0 bridgehead atoms. The minimum absolute atomic E-state index is 0. The molecule has 6 nitrogen and oxygen atoms in total. The number of fused-ring (bicyclic) bond motifs is 3. The number of benzene rings is 4. The minimum atomic E-state index is -0.0224. The van der Waals surface area contributed by atoms with Gasteiger partial charge in [0.15, 0.2) is 0 Å². The second-order valence-electron chi connectivity index (χ2n) is 17.2. The second kappa shape index (κ2) is 15.7. The molecule has 3 heterocycles. The van der Waals surface area contributed by atoms with Crippen LogP contribution in [0.25, 0.3) is 44.4 Å². The molecule has 7 aromatic rings. The summed E-state index contributed by atoms with van der Waals surface area (Å²) in [7, 11) is 1.68. The summed E-state index contributed by atoms with van der Waals surface area (Å²) in [6.45, 7) is 24.7. The molecular weight excluding hydrogens is 783 g/mol. The van der Waals surface area contributed by atoms with Crippen LogP contribution in [0.15, 0.2) is 79.0 Å². The molecule has 4 aromatic carbocycles. The number of para-hydroxylation sites is 1. The van der Waals surface area contributed by atoms with Crippen LogP contribution in [0, 0.1) is 26.0 Å². The summed E-state index contributed by atoms with van der Waals surface area (Å²) < 4.78 is 16.7. The van der Waals surface area contributed by atoms with Crippen LogP contribution in [0.4, 0.5) is 0 Å². The van der Waals surface area contributed by atoms with E-state index in [2.05, 4.69) is 152 Å². The fourth-order valence-electron chi connectivity index (χ4n) is 8.24. The maximum atomic E-state index is 6.64. The van der Waals surface area contributed by atoms with Crippen molar-refractivity contribution in [1.82, 2.24) is 19.3 Å². The largest absolute Gasteiger partial charge is 2.00 e. The third kappa shape index (κ3) is 7.69. The fourth-order valence-corrected chi connectivity index (χ4v) is 8.24. The number of hydrogen-bond donors (Lipinski definition) is 0. The van der Waals surface area contributed by atoms with Crippen molar-refractivity contribution in [2.24, 2.45) is 0 Å². The van der Waals surface area contributed by atoms with E-state index in [4.69, 9.17) is 19.6 Å². The molecule has 0 aliphatic carbocycles. The van der Waals surface area contributed by atoms with Gasteiger partial charge in [-0.15, -0.1) is 29.7 Å². The number of ether oxygens (including phenoxy) is 2. The number of hydrogen-bond acceptors (Lipinski definition) is 4. The van der Waals surface area contributed by atoms with Gasteiger partial charge in [0.1, 0.15) is 5.82 Å². The SMILES string of the molecule is CCCc1c(-c2cc(C)c(C(C)(C)C)c(C)c2)c(C(C)C)nn1-c1[c-]c(Oc2[c-]c3c(cc2)c2ccccc2n3-c2cc(C(C)(C)C)ccn2)cc(OC)c1.[Pd+2]. The van der Waals surface area contributed by atoms with E-state index in [1.807, 2.05) is 24.4 Å². The van der Waals surface area contributed by atoms with Crippen molar-refractivity contribution in [2.75, 3.05) is 7.11 Å². The van der Waals surface area contributed by atoms with E-state index >= 15 is 0 Å². The number of aryl methyl sites for hydroxylation is 2. The predicted octanol–water partition coefficient (Wildman–Crippen LogP) is 12.7. The quantitative estimate of drug-likeness (QED) is 0.107. The van der Waals surface area contributed by atoms with Crippen LogP contribution in [0.5, 0.6) is 17.2 Å². The van der Waals surface area contributed by atoms with Crippen LogP contribution < -0.4 is 9.47 Å². The first-order valence-electron chi connectivity index (χ1n) is 19.5. The normalized spacial score (nSPS) is 12.1. The second-order valence-corrected chi connectivity index (χ2v) is 17.2. The molecule has 0 amide bonds. The van der Waals surface area contributed by atoms with Crippen molar-refractivity contribution in [3.8, 4) is 39.9 Å². The number of nitrogens with zero attached hydrogens (tertiary/aromatic N) is 4. The van der Waals surface area contributed by atoms with Crippen LogP contribution in [0.1, 0.15) is 108 Å². The molecule has 292 valence electrons. The topological polar surface area (TPSA) is 54.1 Å². The Morgan fingerprint density at radius 3 is 2.16 bits per heavy atom. The summed E-state index contributed by atoms with van der Waals surface area (Å²) >= 11 is 0. The average Bonchev–Trinajstić information content (AvgIpc) is 3.66. The molecule has 0 atom stereocenters. The van der Waals surface area contributed by atoms with E-state index in [1.165, 1.54) is 33.4 Å². The maximum Gasteiger partial charge on any atom is 2.00 e. The van der Waals surface area contributed by atoms with E-state index in [0.29, 0.717) is 17.2 Å². The molecule has 0 saturated carbocycles. The van der Waals surface area contributed by atoms with Gasteiger partial charge < -0.3 is 14.0 Å². The van der Waals surface area contributed by atoms with Gasteiger partial charge in [-0.2, -0.15) is 11.2 Å². The first-order chi connectivity index (χ1) is 26.1. The number of rotatable bonds is 9. The summed E-state index contributed by atoms with van der Waals surface area (Å²) in [6, 6.07) is 32.5. The Balaban J connectivity index is 0.00000532. The number of pyridine rings is 1. The smallest absolute Gasteiger partial charge is 0.522 e. The summed E-state index contributed by atoms with van der Waals surface area (Å²) in [5, 5.41) is 7.54. The van der Waals surface area contributed by atoms with Crippen molar-refractivity contribution in [3.63, 3.8) is 0 Å². The third-order valence-electron chi connectivity index (χ3n) is 10.5. The molecule has 56 heavy (non-hydrogen) atoms. The van der Waals surface area contributed by atoms with Crippen molar-refractivity contribution >= 4 is 21.8 Å². The summed E-state index contributed by atoms with van der Waals surface area (Å²) in [5.74, 6) is 2.81. The molecule has 7 heteroatoms. The summed E-state index contributed by atoms with van der Waals surface area (Å²) in [4.78, 5) is 4.84. The van der Waals surface area contributed by atoms with Gasteiger partial charge in [-0.3, -0.25) is 4.68 Å². The number of methoxy groups -OCH3 is 1. The van der Waals surface area contributed by atoms with Crippen molar-refractivity contribution in [2.45, 2.75) is 106 Å².